The molecular weight excluding hydrogens is 695 g/mol. The van der Waals surface area contributed by atoms with E-state index in [0.29, 0.717) is 23.9 Å². The predicted molar refractivity (Wildman–Crippen MR) is 226 cm³/mol. The number of quaternary nitrogens is 1. The minimum Gasteiger partial charge on any atom is -0.477 e. The summed E-state index contributed by atoms with van der Waals surface area (Å²) in [7, 11) is 5.93. The van der Waals surface area contributed by atoms with Crippen LogP contribution in [0.3, 0.4) is 0 Å². The van der Waals surface area contributed by atoms with E-state index in [1.807, 2.05) is 21.1 Å². The van der Waals surface area contributed by atoms with Crippen LogP contribution < -0.4 is 0 Å². The minimum absolute atomic E-state index is 0.175. The number of carbonyl (C=O) groups is 3. The van der Waals surface area contributed by atoms with Crippen molar-refractivity contribution in [3.05, 3.63) is 60.8 Å². The second kappa shape index (κ2) is 37.9. The third-order valence-electron chi connectivity index (χ3n) is 8.79. The first-order valence-electron chi connectivity index (χ1n) is 21.5. The first kappa shape index (κ1) is 52.0. The summed E-state index contributed by atoms with van der Waals surface area (Å²) in [5.41, 5.74) is 0. The molecule has 0 spiro atoms. The molecule has 2 unspecified atom stereocenters. The van der Waals surface area contributed by atoms with Crippen molar-refractivity contribution in [1.29, 1.82) is 0 Å². The van der Waals surface area contributed by atoms with Gasteiger partial charge in [-0.05, 0) is 51.4 Å². The van der Waals surface area contributed by atoms with E-state index in [0.717, 1.165) is 57.8 Å². The average molecular weight is 775 g/mol. The van der Waals surface area contributed by atoms with E-state index < -0.39 is 24.3 Å². The lowest BCUT2D eigenvalue weighted by Gasteiger charge is -2.25. The molecule has 55 heavy (non-hydrogen) atoms. The predicted octanol–water partition coefficient (Wildman–Crippen LogP) is 11.0. The number of rotatable bonds is 38. The van der Waals surface area contributed by atoms with Crippen molar-refractivity contribution < 1.29 is 42.9 Å². The summed E-state index contributed by atoms with van der Waals surface area (Å²) >= 11 is 0. The number of nitrogens with zero attached hydrogens (tertiary/aromatic N) is 1. The summed E-state index contributed by atoms with van der Waals surface area (Å²) in [6, 6.07) is 0. The van der Waals surface area contributed by atoms with Crippen molar-refractivity contribution >= 4 is 17.9 Å². The number of esters is 2. The zero-order valence-corrected chi connectivity index (χ0v) is 35.6. The van der Waals surface area contributed by atoms with Crippen LogP contribution in [0.5, 0.6) is 0 Å². The van der Waals surface area contributed by atoms with Crippen LogP contribution in [0.1, 0.15) is 155 Å². The molecule has 0 amide bonds. The minimum atomic E-state index is -1.52. The number of hydrogen-bond acceptors (Lipinski definition) is 7. The molecule has 316 valence electrons. The smallest absolute Gasteiger partial charge is 0.361 e. The van der Waals surface area contributed by atoms with Crippen LogP contribution in [0.4, 0.5) is 0 Å². The first-order valence-corrected chi connectivity index (χ1v) is 21.5. The highest BCUT2D eigenvalue weighted by atomic mass is 16.7. The second-order valence-corrected chi connectivity index (χ2v) is 15.3. The maximum atomic E-state index is 12.7. The standard InChI is InChI=1S/C46H79NO8/c1-6-8-10-12-14-16-18-20-21-22-23-25-27-29-31-33-35-37-44(49)55-42(41-54-46(45(50)51)52-39-38-47(3,4)5)40-53-43(48)36-34-32-30-28-26-24-19-17-15-13-11-9-7-2/h8,10,14,16,20-21,23,25,29,31,42,46H,6-7,9,11-13,15,17-19,22,24,26-28,30,32-41H2,1-5H3/p+1/b10-8-,16-14-,21-20-,25-23-,31-29-. The topological polar surface area (TPSA) is 108 Å². The van der Waals surface area contributed by atoms with E-state index >= 15 is 0 Å². The maximum Gasteiger partial charge on any atom is 0.361 e. The van der Waals surface area contributed by atoms with Gasteiger partial charge in [0.2, 0.25) is 0 Å². The number of aliphatic carboxylic acids is 1. The van der Waals surface area contributed by atoms with Gasteiger partial charge in [-0.1, -0.05) is 152 Å². The zero-order chi connectivity index (χ0) is 40.7. The van der Waals surface area contributed by atoms with Crippen LogP contribution in [-0.4, -0.2) is 87.4 Å². The number of carbonyl (C=O) groups excluding carboxylic acids is 2. The van der Waals surface area contributed by atoms with Crippen LogP contribution in [0.25, 0.3) is 0 Å². The van der Waals surface area contributed by atoms with E-state index in [1.165, 1.54) is 64.2 Å². The molecule has 0 aliphatic carbocycles. The van der Waals surface area contributed by atoms with Gasteiger partial charge in [0, 0.05) is 12.8 Å². The summed E-state index contributed by atoms with van der Waals surface area (Å²) in [6.45, 7) is 4.67. The van der Waals surface area contributed by atoms with Crippen LogP contribution in [0.15, 0.2) is 60.8 Å². The van der Waals surface area contributed by atoms with Crippen molar-refractivity contribution in [3.8, 4) is 0 Å². The van der Waals surface area contributed by atoms with Gasteiger partial charge in [0.15, 0.2) is 6.10 Å². The van der Waals surface area contributed by atoms with Crippen molar-refractivity contribution in [2.75, 3.05) is 47.5 Å². The Morgan fingerprint density at radius 2 is 1.04 bits per heavy atom. The van der Waals surface area contributed by atoms with Crippen molar-refractivity contribution in [2.24, 2.45) is 0 Å². The fourth-order valence-corrected chi connectivity index (χ4v) is 5.46. The van der Waals surface area contributed by atoms with Crippen molar-refractivity contribution in [3.63, 3.8) is 0 Å². The lowest BCUT2D eigenvalue weighted by molar-refractivity contribution is -0.870. The molecule has 9 heteroatoms. The van der Waals surface area contributed by atoms with Gasteiger partial charge in [0.1, 0.15) is 13.2 Å². The highest BCUT2D eigenvalue weighted by Crippen LogP contribution is 2.14. The molecule has 0 rings (SSSR count). The number of carboxylic acid groups (broad SMARTS) is 1. The molecule has 2 atom stereocenters. The highest BCUT2D eigenvalue weighted by molar-refractivity contribution is 5.71. The third kappa shape index (κ3) is 39.0. The molecule has 1 N–H and O–H groups in total. The number of ether oxygens (including phenoxy) is 4. The lowest BCUT2D eigenvalue weighted by Crippen LogP contribution is -2.40. The van der Waals surface area contributed by atoms with Gasteiger partial charge in [0.05, 0.1) is 34.4 Å². The molecule has 9 nitrogen and oxygen atoms in total. The average Bonchev–Trinajstić information content (AvgIpc) is 3.14. The van der Waals surface area contributed by atoms with Gasteiger partial charge < -0.3 is 28.5 Å². The van der Waals surface area contributed by atoms with E-state index in [-0.39, 0.29) is 32.2 Å². The number of likely N-dealkylation sites (N-methyl/N-ethyl adjacent to an activating group) is 1. The summed E-state index contributed by atoms with van der Waals surface area (Å²) < 4.78 is 22.6. The summed E-state index contributed by atoms with van der Waals surface area (Å²) in [5, 5.41) is 9.61. The molecule has 0 saturated heterocycles. The van der Waals surface area contributed by atoms with Crippen molar-refractivity contribution in [2.45, 2.75) is 167 Å². The fraction of sp³-hybridized carbons (Fsp3) is 0.717. The molecular formula is C46H80NO8+. The van der Waals surface area contributed by atoms with Crippen LogP contribution in [0, 0.1) is 0 Å². The van der Waals surface area contributed by atoms with Crippen LogP contribution in [-0.2, 0) is 33.3 Å². The molecule has 0 radical (unpaired) electrons. The van der Waals surface area contributed by atoms with Crippen LogP contribution >= 0.6 is 0 Å². The van der Waals surface area contributed by atoms with E-state index in [1.54, 1.807) is 0 Å². The van der Waals surface area contributed by atoms with Crippen molar-refractivity contribution in [1.82, 2.24) is 0 Å². The third-order valence-corrected chi connectivity index (χ3v) is 8.79. The van der Waals surface area contributed by atoms with Gasteiger partial charge in [-0.3, -0.25) is 9.59 Å². The van der Waals surface area contributed by atoms with Gasteiger partial charge >= 0.3 is 17.9 Å². The van der Waals surface area contributed by atoms with Gasteiger partial charge in [0.25, 0.3) is 6.29 Å². The SMILES string of the molecule is CC/C=C\C/C=C\C/C=C\C/C=C\C/C=C\CCCC(=O)OC(COC(=O)CCCCCCCCCCCCCCC)COC(OCC[N+](C)(C)C)C(=O)O. The quantitative estimate of drug-likeness (QED) is 0.0217. The largest absolute Gasteiger partial charge is 0.477 e. The molecule has 0 aliphatic rings. The Morgan fingerprint density at radius 1 is 0.564 bits per heavy atom. The maximum absolute atomic E-state index is 12.7. The fourth-order valence-electron chi connectivity index (χ4n) is 5.46. The Balaban J connectivity index is 4.58. The molecule has 0 heterocycles. The molecule has 0 bridgehead atoms. The first-order chi connectivity index (χ1) is 26.6. The van der Waals surface area contributed by atoms with E-state index in [2.05, 4.69) is 74.6 Å². The number of hydrogen-bond donors (Lipinski definition) is 1. The van der Waals surface area contributed by atoms with Crippen LogP contribution in [0.2, 0.25) is 0 Å². The Hall–Kier alpha value is -3.01. The summed E-state index contributed by atoms with van der Waals surface area (Å²) in [6.07, 6.45) is 41.4. The van der Waals surface area contributed by atoms with E-state index in [9.17, 15) is 19.5 Å². The summed E-state index contributed by atoms with van der Waals surface area (Å²) in [5.74, 6) is -2.09. The Labute approximate surface area is 335 Å². The highest BCUT2D eigenvalue weighted by Gasteiger charge is 2.25. The molecule has 0 saturated carbocycles. The van der Waals surface area contributed by atoms with E-state index in [4.69, 9.17) is 18.9 Å². The molecule has 0 fully saturated rings. The molecule has 0 aliphatic heterocycles. The normalized spacial score (nSPS) is 13.5. The number of unbranched alkanes of at least 4 members (excludes halogenated alkanes) is 13. The Kier molecular flexibility index (Phi) is 35.8. The Morgan fingerprint density at radius 3 is 1.53 bits per heavy atom. The second-order valence-electron chi connectivity index (χ2n) is 15.3. The number of carboxylic acids is 1. The molecule has 0 aromatic carbocycles. The molecule has 0 aromatic rings. The number of allylic oxidation sites excluding steroid dienone is 10. The zero-order valence-electron chi connectivity index (χ0n) is 35.6. The van der Waals surface area contributed by atoms with Gasteiger partial charge in [-0.15, -0.1) is 0 Å². The Bertz CT molecular complexity index is 1090. The van der Waals surface area contributed by atoms with Gasteiger partial charge in [-0.25, -0.2) is 4.79 Å². The lowest BCUT2D eigenvalue weighted by atomic mass is 10.0. The molecule has 0 aromatic heterocycles. The van der Waals surface area contributed by atoms with Gasteiger partial charge in [-0.2, -0.15) is 0 Å². The monoisotopic (exact) mass is 775 g/mol. The summed E-state index contributed by atoms with van der Waals surface area (Å²) in [4.78, 5) is 37.0.